The molecule has 3 aliphatic heterocycles. The summed E-state index contributed by atoms with van der Waals surface area (Å²) in [5, 5.41) is 0. The van der Waals surface area contributed by atoms with Gasteiger partial charge in [0.15, 0.2) is 11.9 Å². The monoisotopic (exact) mass is 336 g/mol. The molecular weight excluding hydrogens is 308 g/mol. The molecule has 134 valence electrons. The third kappa shape index (κ3) is 2.44. The van der Waals surface area contributed by atoms with Gasteiger partial charge in [-0.15, -0.1) is 0 Å². The van der Waals surface area contributed by atoms with Gasteiger partial charge >= 0.3 is 5.97 Å². The van der Waals surface area contributed by atoms with E-state index in [0.29, 0.717) is 26.2 Å². The first-order valence-electron chi connectivity index (χ1n) is 8.99. The Morgan fingerprint density at radius 2 is 1.83 bits per heavy atom. The van der Waals surface area contributed by atoms with Gasteiger partial charge in [-0.05, 0) is 17.4 Å². The van der Waals surface area contributed by atoms with Gasteiger partial charge in [0.1, 0.15) is 6.10 Å². The summed E-state index contributed by atoms with van der Waals surface area (Å²) in [5.74, 6) is -0.0184. The molecule has 0 radical (unpaired) electrons. The van der Waals surface area contributed by atoms with E-state index in [9.17, 15) is 4.79 Å². The van der Waals surface area contributed by atoms with Crippen molar-refractivity contribution in [2.45, 2.75) is 65.0 Å². The zero-order valence-corrected chi connectivity index (χ0v) is 15.1. The molecule has 0 bridgehead atoms. The van der Waals surface area contributed by atoms with Gasteiger partial charge in [0.05, 0.1) is 26.2 Å². The second kappa shape index (κ2) is 5.29. The third-order valence-electron chi connectivity index (χ3n) is 6.14. The molecule has 0 N–H and O–H groups in total. The first-order chi connectivity index (χ1) is 11.2. The molecule has 0 aromatic carbocycles. The number of allylic oxidation sites excluding steroid dienone is 1. The number of hydrogen-bond donors (Lipinski definition) is 0. The van der Waals surface area contributed by atoms with E-state index in [2.05, 4.69) is 33.8 Å². The number of carbonyl (C=O) groups is 1. The van der Waals surface area contributed by atoms with Gasteiger partial charge in [0.25, 0.3) is 0 Å². The van der Waals surface area contributed by atoms with Crippen LogP contribution in [0.5, 0.6) is 0 Å². The number of carbonyl (C=O) groups excluding carboxylic acids is 1. The van der Waals surface area contributed by atoms with Crippen LogP contribution in [0.4, 0.5) is 0 Å². The molecule has 24 heavy (non-hydrogen) atoms. The summed E-state index contributed by atoms with van der Waals surface area (Å²) < 4.78 is 23.9. The van der Waals surface area contributed by atoms with Gasteiger partial charge in [0.2, 0.25) is 0 Å². The minimum atomic E-state index is -0.613. The Morgan fingerprint density at radius 1 is 1.12 bits per heavy atom. The third-order valence-corrected chi connectivity index (χ3v) is 6.14. The molecule has 5 nitrogen and oxygen atoms in total. The maximum atomic E-state index is 12.0. The zero-order chi connectivity index (χ0) is 17.2. The molecule has 1 aliphatic carbocycles. The molecular formula is C19H28O5. The molecule has 5 heteroatoms. The summed E-state index contributed by atoms with van der Waals surface area (Å²) in [4.78, 5) is 12.0. The Bertz CT molecular complexity index is 568. The van der Waals surface area contributed by atoms with Gasteiger partial charge in [-0.25, -0.2) is 0 Å². The van der Waals surface area contributed by atoms with Crippen molar-refractivity contribution >= 4 is 5.97 Å². The van der Waals surface area contributed by atoms with Gasteiger partial charge in [-0.1, -0.05) is 33.8 Å². The van der Waals surface area contributed by atoms with Gasteiger partial charge in [-0.3, -0.25) is 4.79 Å². The normalized spacial score (nSPS) is 40.7. The fraction of sp³-hybridized carbons (Fsp3) is 0.842. The molecule has 3 fully saturated rings. The van der Waals surface area contributed by atoms with Crippen molar-refractivity contribution in [3.8, 4) is 0 Å². The predicted octanol–water partition coefficient (Wildman–Crippen LogP) is 2.83. The van der Waals surface area contributed by atoms with Crippen LogP contribution < -0.4 is 0 Å². The first-order valence-corrected chi connectivity index (χ1v) is 8.99. The van der Waals surface area contributed by atoms with Gasteiger partial charge < -0.3 is 18.9 Å². The number of rotatable bonds is 2. The van der Waals surface area contributed by atoms with E-state index in [1.54, 1.807) is 0 Å². The molecule has 0 aromatic heterocycles. The van der Waals surface area contributed by atoms with Crippen molar-refractivity contribution in [2.24, 2.45) is 16.7 Å². The minimum absolute atomic E-state index is 0.000243. The highest BCUT2D eigenvalue weighted by atomic mass is 16.7. The van der Waals surface area contributed by atoms with Crippen LogP contribution in [0.15, 0.2) is 11.6 Å². The Labute approximate surface area is 143 Å². The summed E-state index contributed by atoms with van der Waals surface area (Å²) in [6, 6.07) is 0. The quantitative estimate of drug-likeness (QED) is 0.573. The molecule has 0 aromatic rings. The van der Waals surface area contributed by atoms with Crippen LogP contribution in [0.1, 0.15) is 47.0 Å². The Hall–Kier alpha value is -0.910. The van der Waals surface area contributed by atoms with Crippen LogP contribution in [0, 0.1) is 16.7 Å². The second-order valence-corrected chi connectivity index (χ2v) is 9.20. The number of ether oxygens (including phenoxy) is 4. The lowest BCUT2D eigenvalue weighted by molar-refractivity contribution is -0.240. The summed E-state index contributed by atoms with van der Waals surface area (Å²) in [5.41, 5.74) is 0.581. The van der Waals surface area contributed by atoms with Crippen LogP contribution >= 0.6 is 0 Å². The maximum absolute atomic E-state index is 12.0. The lowest BCUT2D eigenvalue weighted by Gasteiger charge is -2.49. The standard InChI is InChI=1S/C19H28O5/c1-17(2)10-22-16(23-11-17)7-13-18(3,4)6-5-12-9-21-14-8-15(20)24-19(12,13)14/h5,13-14,16H,6-11H2,1-4H3/t13-,14-,19+/m1/s1. The molecule has 3 atom stereocenters. The van der Waals surface area contributed by atoms with E-state index in [-0.39, 0.29) is 35.1 Å². The van der Waals surface area contributed by atoms with E-state index in [1.165, 1.54) is 0 Å². The summed E-state index contributed by atoms with van der Waals surface area (Å²) in [7, 11) is 0. The van der Waals surface area contributed by atoms with Gasteiger partial charge in [0, 0.05) is 17.8 Å². The minimum Gasteiger partial charge on any atom is -0.451 e. The van der Waals surface area contributed by atoms with Gasteiger partial charge in [-0.2, -0.15) is 0 Å². The van der Waals surface area contributed by atoms with Crippen LogP contribution in [-0.2, 0) is 23.7 Å². The highest BCUT2D eigenvalue weighted by Crippen LogP contribution is 2.57. The number of hydrogen-bond acceptors (Lipinski definition) is 5. The first kappa shape index (κ1) is 16.6. The molecule has 0 saturated carbocycles. The molecule has 4 aliphatic rings. The summed E-state index contributed by atoms with van der Waals surface area (Å²) >= 11 is 0. The highest BCUT2D eigenvalue weighted by Gasteiger charge is 2.65. The van der Waals surface area contributed by atoms with Crippen molar-refractivity contribution in [1.82, 2.24) is 0 Å². The Balaban J connectivity index is 1.62. The molecule has 1 spiro atoms. The van der Waals surface area contributed by atoms with Crippen molar-refractivity contribution in [3.63, 3.8) is 0 Å². The van der Waals surface area contributed by atoms with Crippen molar-refractivity contribution in [2.75, 3.05) is 19.8 Å². The van der Waals surface area contributed by atoms with Crippen molar-refractivity contribution in [3.05, 3.63) is 11.6 Å². The summed E-state index contributed by atoms with van der Waals surface area (Å²) in [6.07, 6.45) is 3.86. The average Bonchev–Trinajstić information content (AvgIpc) is 2.98. The molecule has 3 saturated heterocycles. The zero-order valence-electron chi connectivity index (χ0n) is 15.1. The van der Waals surface area contributed by atoms with E-state index >= 15 is 0 Å². The van der Waals surface area contributed by atoms with Crippen LogP contribution in [0.2, 0.25) is 0 Å². The average molecular weight is 336 g/mol. The highest BCUT2D eigenvalue weighted by molar-refractivity contribution is 5.75. The summed E-state index contributed by atoms with van der Waals surface area (Å²) in [6.45, 7) is 10.7. The SMILES string of the molecule is CC1(C)COC(C[C@@H]2C(C)(C)CC=C3CO[C@@H]4CC(=O)O[C@@]324)OC1. The van der Waals surface area contributed by atoms with Crippen molar-refractivity contribution < 1.29 is 23.7 Å². The molecule has 0 amide bonds. The topological polar surface area (TPSA) is 54.0 Å². The van der Waals surface area contributed by atoms with Crippen LogP contribution in [0.3, 0.4) is 0 Å². The van der Waals surface area contributed by atoms with Crippen molar-refractivity contribution in [1.29, 1.82) is 0 Å². The van der Waals surface area contributed by atoms with E-state index in [1.807, 2.05) is 0 Å². The Kier molecular flexibility index (Phi) is 3.65. The lowest BCUT2D eigenvalue weighted by Crippen LogP contribution is -2.54. The lowest BCUT2D eigenvalue weighted by atomic mass is 9.59. The smallest absolute Gasteiger partial charge is 0.309 e. The maximum Gasteiger partial charge on any atom is 0.309 e. The van der Waals surface area contributed by atoms with E-state index in [4.69, 9.17) is 18.9 Å². The van der Waals surface area contributed by atoms with Crippen LogP contribution in [0.25, 0.3) is 0 Å². The fourth-order valence-corrected chi connectivity index (χ4v) is 4.75. The predicted molar refractivity (Wildman–Crippen MR) is 87.2 cm³/mol. The van der Waals surface area contributed by atoms with E-state index < -0.39 is 5.60 Å². The Morgan fingerprint density at radius 3 is 2.54 bits per heavy atom. The second-order valence-electron chi connectivity index (χ2n) is 9.20. The molecule has 0 unspecified atom stereocenters. The van der Waals surface area contributed by atoms with Crippen LogP contribution in [-0.4, -0.2) is 43.8 Å². The number of esters is 1. The fourth-order valence-electron chi connectivity index (χ4n) is 4.75. The van der Waals surface area contributed by atoms with E-state index in [0.717, 1.165) is 18.4 Å². The molecule has 3 heterocycles. The largest absolute Gasteiger partial charge is 0.451 e. The molecule has 4 rings (SSSR count).